The van der Waals surface area contributed by atoms with Crippen LogP contribution in [0, 0.1) is 0 Å². The molecule has 1 saturated heterocycles. The van der Waals surface area contributed by atoms with E-state index in [9.17, 15) is 9.59 Å². The van der Waals surface area contributed by atoms with E-state index in [1.807, 2.05) is 0 Å². The van der Waals surface area contributed by atoms with Gasteiger partial charge in [-0.25, -0.2) is 0 Å². The van der Waals surface area contributed by atoms with Crippen molar-refractivity contribution >= 4 is 40.8 Å². The molecule has 1 aromatic carbocycles. The normalized spacial score (nSPS) is 17.1. The maximum atomic E-state index is 12.7. The van der Waals surface area contributed by atoms with Crippen LogP contribution in [0.1, 0.15) is 23.2 Å². The molecule has 0 radical (unpaired) electrons. The molecule has 2 aromatic rings. The maximum absolute atomic E-state index is 12.7. The van der Waals surface area contributed by atoms with Gasteiger partial charge >= 0.3 is 0 Å². The molecule has 0 bridgehead atoms. The van der Waals surface area contributed by atoms with E-state index < -0.39 is 6.04 Å². The van der Waals surface area contributed by atoms with Crippen LogP contribution in [0.2, 0.25) is 10.0 Å². The Kier molecular flexibility index (Phi) is 4.78. The topological polar surface area (TPSA) is 67.2 Å². The highest BCUT2D eigenvalue weighted by molar-refractivity contribution is 6.35. The lowest BCUT2D eigenvalue weighted by Crippen LogP contribution is -2.43. The van der Waals surface area contributed by atoms with Crippen molar-refractivity contribution in [2.75, 3.05) is 11.9 Å². The molecular weight excluding hydrogens is 351 g/mol. The van der Waals surface area contributed by atoms with Crippen molar-refractivity contribution in [3.63, 3.8) is 0 Å². The number of rotatable bonds is 3. The molecule has 2 amide bonds. The zero-order valence-corrected chi connectivity index (χ0v) is 14.5. The van der Waals surface area contributed by atoms with Crippen molar-refractivity contribution in [3.05, 3.63) is 46.1 Å². The van der Waals surface area contributed by atoms with Gasteiger partial charge in [-0.05, 0) is 31.0 Å². The van der Waals surface area contributed by atoms with E-state index in [1.54, 1.807) is 47.1 Å². The first-order valence-corrected chi connectivity index (χ1v) is 8.27. The molecule has 0 saturated carbocycles. The van der Waals surface area contributed by atoms with Gasteiger partial charge in [0.25, 0.3) is 5.91 Å². The van der Waals surface area contributed by atoms with E-state index >= 15 is 0 Å². The Morgan fingerprint density at radius 3 is 2.58 bits per heavy atom. The second-order valence-corrected chi connectivity index (χ2v) is 6.55. The fourth-order valence-corrected chi connectivity index (χ4v) is 3.34. The zero-order valence-electron chi connectivity index (χ0n) is 13.0. The highest BCUT2D eigenvalue weighted by atomic mass is 35.5. The van der Waals surface area contributed by atoms with Crippen LogP contribution in [0.4, 0.5) is 5.82 Å². The largest absolute Gasteiger partial charge is 0.327 e. The Bertz CT molecular complexity index is 770. The third-order valence-corrected chi connectivity index (χ3v) is 4.33. The molecule has 1 atom stereocenters. The minimum absolute atomic E-state index is 0.243. The van der Waals surface area contributed by atoms with Crippen molar-refractivity contribution in [2.24, 2.45) is 7.05 Å². The van der Waals surface area contributed by atoms with Gasteiger partial charge in [0.1, 0.15) is 6.04 Å². The van der Waals surface area contributed by atoms with Gasteiger partial charge in [-0.3, -0.25) is 14.3 Å². The summed E-state index contributed by atoms with van der Waals surface area (Å²) >= 11 is 11.9. The van der Waals surface area contributed by atoms with E-state index in [0.29, 0.717) is 34.4 Å². The van der Waals surface area contributed by atoms with Crippen molar-refractivity contribution in [3.8, 4) is 0 Å². The van der Waals surface area contributed by atoms with Gasteiger partial charge in [-0.2, -0.15) is 5.10 Å². The van der Waals surface area contributed by atoms with E-state index in [1.165, 1.54) is 0 Å². The minimum Gasteiger partial charge on any atom is -0.327 e. The van der Waals surface area contributed by atoms with Crippen LogP contribution in [0.15, 0.2) is 30.5 Å². The van der Waals surface area contributed by atoms with Crippen LogP contribution in [0.5, 0.6) is 0 Å². The lowest BCUT2D eigenvalue weighted by Gasteiger charge is -2.23. The second kappa shape index (κ2) is 6.83. The standard InChI is InChI=1S/C16H16Cl2N4O2/c1-21-6-4-14(20-21)19-15(23)13-3-2-5-22(13)16(24)10-7-11(17)9-12(18)8-10/h4,6-9,13H,2-3,5H2,1H3,(H,19,20,23). The highest BCUT2D eigenvalue weighted by Crippen LogP contribution is 2.25. The summed E-state index contributed by atoms with van der Waals surface area (Å²) in [4.78, 5) is 26.8. The lowest BCUT2D eigenvalue weighted by molar-refractivity contribution is -0.119. The Labute approximate surface area is 149 Å². The number of hydrogen-bond acceptors (Lipinski definition) is 3. The number of likely N-dealkylation sites (tertiary alicyclic amines) is 1. The predicted octanol–water partition coefficient (Wildman–Crippen LogP) is 2.97. The molecule has 8 heteroatoms. The molecule has 0 spiro atoms. The summed E-state index contributed by atoms with van der Waals surface area (Å²) in [6, 6.07) is 5.85. The molecule has 0 aliphatic carbocycles. The summed E-state index contributed by atoms with van der Waals surface area (Å²) in [5.41, 5.74) is 0.380. The molecule has 2 heterocycles. The first kappa shape index (κ1) is 16.8. The predicted molar refractivity (Wildman–Crippen MR) is 92.4 cm³/mol. The van der Waals surface area contributed by atoms with Gasteiger partial charge < -0.3 is 10.2 Å². The number of carbonyl (C=O) groups excluding carboxylic acids is 2. The number of nitrogens with zero attached hydrogens (tertiary/aromatic N) is 3. The Balaban J connectivity index is 1.77. The summed E-state index contributed by atoms with van der Waals surface area (Å²) in [6.07, 6.45) is 3.11. The molecule has 1 unspecified atom stereocenters. The number of aromatic nitrogens is 2. The molecule has 126 valence electrons. The van der Waals surface area contributed by atoms with Gasteiger partial charge in [0.05, 0.1) is 0 Å². The molecule has 1 fully saturated rings. The van der Waals surface area contributed by atoms with Crippen LogP contribution in [0.25, 0.3) is 0 Å². The van der Waals surface area contributed by atoms with Gasteiger partial charge in [0.2, 0.25) is 5.91 Å². The summed E-state index contributed by atoms with van der Waals surface area (Å²) in [5, 5.41) is 7.64. The van der Waals surface area contributed by atoms with E-state index in [4.69, 9.17) is 23.2 Å². The second-order valence-electron chi connectivity index (χ2n) is 5.68. The minimum atomic E-state index is -0.530. The number of carbonyl (C=O) groups is 2. The number of amides is 2. The fraction of sp³-hybridized carbons (Fsp3) is 0.312. The fourth-order valence-electron chi connectivity index (χ4n) is 2.82. The number of nitrogens with one attached hydrogen (secondary N) is 1. The zero-order chi connectivity index (χ0) is 17.3. The molecule has 1 aliphatic rings. The first-order chi connectivity index (χ1) is 11.4. The number of halogens is 2. The van der Waals surface area contributed by atoms with Gasteiger partial charge in [0.15, 0.2) is 5.82 Å². The highest BCUT2D eigenvalue weighted by Gasteiger charge is 2.35. The monoisotopic (exact) mass is 366 g/mol. The maximum Gasteiger partial charge on any atom is 0.254 e. The summed E-state index contributed by atoms with van der Waals surface area (Å²) < 4.78 is 1.60. The van der Waals surface area contributed by atoms with Crippen LogP contribution in [-0.2, 0) is 11.8 Å². The molecule has 1 aromatic heterocycles. The van der Waals surface area contributed by atoms with Gasteiger partial charge in [0, 0.05) is 41.5 Å². The molecule has 1 N–H and O–H groups in total. The third kappa shape index (κ3) is 3.55. The van der Waals surface area contributed by atoms with Gasteiger partial charge in [-0.1, -0.05) is 23.2 Å². The average Bonchev–Trinajstić information content (AvgIpc) is 3.14. The Hall–Kier alpha value is -2.05. The van der Waals surface area contributed by atoms with Crippen LogP contribution >= 0.6 is 23.2 Å². The summed E-state index contributed by atoms with van der Waals surface area (Å²) in [6.45, 7) is 0.517. The summed E-state index contributed by atoms with van der Waals surface area (Å²) in [7, 11) is 1.77. The SMILES string of the molecule is Cn1ccc(NC(=O)C2CCCN2C(=O)c2cc(Cl)cc(Cl)c2)n1. The lowest BCUT2D eigenvalue weighted by atomic mass is 10.1. The smallest absolute Gasteiger partial charge is 0.254 e. The van der Waals surface area contributed by atoms with Crippen LogP contribution < -0.4 is 5.32 Å². The van der Waals surface area contributed by atoms with Crippen LogP contribution in [0.3, 0.4) is 0 Å². The van der Waals surface area contributed by atoms with Crippen molar-refractivity contribution in [1.29, 1.82) is 0 Å². The quantitative estimate of drug-likeness (QED) is 0.907. The molecule has 3 rings (SSSR count). The number of anilines is 1. The number of hydrogen-bond donors (Lipinski definition) is 1. The van der Waals surface area contributed by atoms with E-state index in [0.717, 1.165) is 6.42 Å². The molecule has 6 nitrogen and oxygen atoms in total. The summed E-state index contributed by atoms with van der Waals surface area (Å²) in [5.74, 6) is -0.0293. The van der Waals surface area contributed by atoms with E-state index in [2.05, 4.69) is 10.4 Å². The van der Waals surface area contributed by atoms with Crippen molar-refractivity contribution < 1.29 is 9.59 Å². The van der Waals surface area contributed by atoms with Gasteiger partial charge in [-0.15, -0.1) is 0 Å². The number of benzene rings is 1. The number of aryl methyl sites for hydroxylation is 1. The van der Waals surface area contributed by atoms with Crippen molar-refractivity contribution in [1.82, 2.24) is 14.7 Å². The molecule has 24 heavy (non-hydrogen) atoms. The average molecular weight is 367 g/mol. The Morgan fingerprint density at radius 2 is 1.96 bits per heavy atom. The molecule has 1 aliphatic heterocycles. The van der Waals surface area contributed by atoms with Crippen molar-refractivity contribution in [2.45, 2.75) is 18.9 Å². The molecular formula is C16H16Cl2N4O2. The van der Waals surface area contributed by atoms with Crippen LogP contribution in [-0.4, -0.2) is 39.1 Å². The first-order valence-electron chi connectivity index (χ1n) is 7.51. The third-order valence-electron chi connectivity index (χ3n) is 3.89. The van der Waals surface area contributed by atoms with E-state index in [-0.39, 0.29) is 11.8 Å². The Morgan fingerprint density at radius 1 is 1.25 bits per heavy atom.